The molecule has 2 rings (SSSR count). The molecule has 0 saturated carbocycles. The van der Waals surface area contributed by atoms with Gasteiger partial charge in [-0.15, -0.1) is 0 Å². The molecule has 0 aliphatic carbocycles. The Balaban J connectivity index is 2.13. The van der Waals surface area contributed by atoms with Gasteiger partial charge in [-0.05, 0) is 45.1 Å². The fraction of sp³-hybridized carbons (Fsp3) is 0.700. The lowest BCUT2D eigenvalue weighted by molar-refractivity contribution is -0.316. The maximum absolute atomic E-state index is 10.6. The van der Waals surface area contributed by atoms with Crippen molar-refractivity contribution in [3.63, 3.8) is 0 Å². The summed E-state index contributed by atoms with van der Waals surface area (Å²) in [6.07, 6.45) is 3.35. The van der Waals surface area contributed by atoms with Crippen molar-refractivity contribution in [3.8, 4) is 0 Å². The molecule has 1 N–H and O–H groups in total. The number of piperidine rings is 1. The highest BCUT2D eigenvalue weighted by Gasteiger charge is 2.53. The van der Waals surface area contributed by atoms with Crippen molar-refractivity contribution in [2.24, 2.45) is 5.92 Å². The van der Waals surface area contributed by atoms with Crippen molar-refractivity contribution >= 4 is 0 Å². The fourth-order valence-corrected chi connectivity index (χ4v) is 3.88. The van der Waals surface area contributed by atoms with Gasteiger partial charge in [-0.25, -0.2) is 0 Å². The molecule has 0 aromatic heterocycles. The van der Waals surface area contributed by atoms with Crippen LogP contribution in [0.2, 0.25) is 0 Å². The summed E-state index contributed by atoms with van der Waals surface area (Å²) < 4.78 is 0. The van der Waals surface area contributed by atoms with Crippen LogP contribution in [-0.2, 0) is 11.3 Å². The van der Waals surface area contributed by atoms with Gasteiger partial charge in [0.15, 0.2) is 0 Å². The lowest BCUT2D eigenvalue weighted by Crippen LogP contribution is -2.67. The molecule has 1 aliphatic rings. The van der Waals surface area contributed by atoms with Crippen LogP contribution in [0.5, 0.6) is 0 Å². The summed E-state index contributed by atoms with van der Waals surface area (Å²) in [7, 11) is 0. The number of hydroxylamine groups is 2. The Morgan fingerprint density at radius 1 is 1.17 bits per heavy atom. The van der Waals surface area contributed by atoms with E-state index in [2.05, 4.69) is 63.9 Å². The second kappa shape index (κ2) is 7.33. The summed E-state index contributed by atoms with van der Waals surface area (Å²) >= 11 is 0. The summed E-state index contributed by atoms with van der Waals surface area (Å²) in [5.74, 6) is 0.198. The summed E-state index contributed by atoms with van der Waals surface area (Å²) in [6.45, 7) is 11.7. The Hall–Kier alpha value is -0.900. The van der Waals surface area contributed by atoms with Crippen LogP contribution < -0.4 is 0 Å². The van der Waals surface area contributed by atoms with E-state index in [4.69, 9.17) is 4.84 Å². The van der Waals surface area contributed by atoms with Crippen molar-refractivity contribution in [2.45, 2.75) is 77.5 Å². The number of aliphatic hydroxyl groups excluding tert-OH is 1. The van der Waals surface area contributed by atoms with Crippen molar-refractivity contribution in [2.75, 3.05) is 6.61 Å². The van der Waals surface area contributed by atoms with Crippen LogP contribution >= 0.6 is 0 Å². The number of aliphatic hydroxyl groups is 1. The third-order valence-electron chi connectivity index (χ3n) is 6.09. The summed E-state index contributed by atoms with van der Waals surface area (Å²) in [4.78, 5) is 6.34. The second-order valence-corrected chi connectivity index (χ2v) is 7.48. The van der Waals surface area contributed by atoms with Crippen LogP contribution in [0.3, 0.4) is 0 Å². The van der Waals surface area contributed by atoms with Gasteiger partial charge in [-0.2, -0.15) is 5.06 Å². The molecule has 1 aromatic rings. The average molecular weight is 319 g/mol. The van der Waals surface area contributed by atoms with E-state index < -0.39 is 0 Å². The van der Waals surface area contributed by atoms with E-state index in [1.807, 2.05) is 6.07 Å². The van der Waals surface area contributed by atoms with E-state index in [9.17, 15) is 5.11 Å². The van der Waals surface area contributed by atoms with E-state index >= 15 is 0 Å². The first-order chi connectivity index (χ1) is 10.9. The predicted octanol–water partition coefficient (Wildman–Crippen LogP) is 4.20. The minimum absolute atomic E-state index is 0.118. The van der Waals surface area contributed by atoms with Gasteiger partial charge in [0.2, 0.25) is 0 Å². The maximum atomic E-state index is 10.6. The van der Waals surface area contributed by atoms with E-state index in [0.29, 0.717) is 6.61 Å². The van der Waals surface area contributed by atoms with E-state index in [0.717, 1.165) is 25.7 Å². The van der Waals surface area contributed by atoms with Gasteiger partial charge < -0.3 is 5.11 Å². The molecule has 4 atom stereocenters. The SMILES string of the molecule is CCC1(C)CC(O)C(C)C(C)(CC)N1OCCc1ccccc1. The van der Waals surface area contributed by atoms with Gasteiger partial charge in [-0.1, -0.05) is 51.1 Å². The zero-order valence-corrected chi connectivity index (χ0v) is 15.4. The van der Waals surface area contributed by atoms with E-state index in [1.165, 1.54) is 5.56 Å². The Morgan fingerprint density at radius 3 is 2.39 bits per heavy atom. The van der Waals surface area contributed by atoms with Crippen molar-refractivity contribution in [1.82, 2.24) is 5.06 Å². The van der Waals surface area contributed by atoms with Gasteiger partial charge >= 0.3 is 0 Å². The molecule has 1 fully saturated rings. The molecule has 0 amide bonds. The molecule has 1 aromatic carbocycles. The van der Waals surface area contributed by atoms with Crippen molar-refractivity contribution < 1.29 is 9.94 Å². The number of benzene rings is 1. The quantitative estimate of drug-likeness (QED) is 0.853. The fourth-order valence-electron chi connectivity index (χ4n) is 3.88. The zero-order chi connectivity index (χ0) is 17.1. The van der Waals surface area contributed by atoms with Crippen LogP contribution in [-0.4, -0.2) is 34.0 Å². The third-order valence-corrected chi connectivity index (χ3v) is 6.09. The van der Waals surface area contributed by atoms with Crippen LogP contribution in [0.1, 0.15) is 59.4 Å². The first kappa shape index (κ1) is 18.4. The first-order valence-corrected chi connectivity index (χ1v) is 9.02. The van der Waals surface area contributed by atoms with Gasteiger partial charge in [0.05, 0.1) is 12.7 Å². The minimum Gasteiger partial charge on any atom is -0.393 e. The van der Waals surface area contributed by atoms with E-state index in [-0.39, 0.29) is 23.1 Å². The minimum atomic E-state index is -0.265. The molecule has 1 heterocycles. The molecular weight excluding hydrogens is 286 g/mol. The maximum Gasteiger partial charge on any atom is 0.0725 e. The highest BCUT2D eigenvalue weighted by atomic mass is 16.7. The molecule has 23 heavy (non-hydrogen) atoms. The molecule has 0 radical (unpaired) electrons. The Labute approximate surface area is 141 Å². The predicted molar refractivity (Wildman–Crippen MR) is 95.1 cm³/mol. The van der Waals surface area contributed by atoms with Gasteiger partial charge in [0.1, 0.15) is 0 Å². The summed E-state index contributed by atoms with van der Waals surface area (Å²) in [5.41, 5.74) is 1.04. The Morgan fingerprint density at radius 2 is 1.83 bits per heavy atom. The third kappa shape index (κ3) is 3.62. The van der Waals surface area contributed by atoms with Crippen molar-refractivity contribution in [1.29, 1.82) is 0 Å². The van der Waals surface area contributed by atoms with Crippen LogP contribution in [0.25, 0.3) is 0 Å². The standard InChI is InChI=1S/C20H33NO2/c1-6-19(4)15-18(22)16(3)20(5,7-2)21(19)23-14-13-17-11-9-8-10-12-17/h8-12,16,18,22H,6-7,13-15H2,1-5H3. The van der Waals surface area contributed by atoms with Gasteiger partial charge in [0.25, 0.3) is 0 Å². The number of nitrogens with zero attached hydrogens (tertiary/aromatic N) is 1. The summed E-state index contributed by atoms with van der Waals surface area (Å²) in [5, 5.41) is 12.8. The normalized spacial score (nSPS) is 35.4. The zero-order valence-electron chi connectivity index (χ0n) is 15.4. The summed E-state index contributed by atoms with van der Waals surface area (Å²) in [6, 6.07) is 10.5. The lowest BCUT2D eigenvalue weighted by atomic mass is 9.69. The first-order valence-electron chi connectivity index (χ1n) is 9.02. The molecule has 0 spiro atoms. The van der Waals surface area contributed by atoms with Gasteiger partial charge in [0, 0.05) is 17.0 Å². The topological polar surface area (TPSA) is 32.7 Å². The molecule has 3 heteroatoms. The Bertz CT molecular complexity index is 492. The molecule has 130 valence electrons. The highest BCUT2D eigenvalue weighted by Crippen LogP contribution is 2.45. The highest BCUT2D eigenvalue weighted by molar-refractivity contribution is 5.14. The van der Waals surface area contributed by atoms with E-state index in [1.54, 1.807) is 0 Å². The number of hydrogen-bond donors (Lipinski definition) is 1. The monoisotopic (exact) mass is 319 g/mol. The van der Waals surface area contributed by atoms with Crippen LogP contribution in [0.4, 0.5) is 0 Å². The number of rotatable bonds is 6. The molecule has 1 aliphatic heterocycles. The molecule has 3 nitrogen and oxygen atoms in total. The Kier molecular flexibility index (Phi) is 5.88. The van der Waals surface area contributed by atoms with Gasteiger partial charge in [-0.3, -0.25) is 4.84 Å². The van der Waals surface area contributed by atoms with Crippen LogP contribution in [0, 0.1) is 5.92 Å². The lowest BCUT2D eigenvalue weighted by Gasteiger charge is -2.58. The smallest absolute Gasteiger partial charge is 0.0725 e. The largest absolute Gasteiger partial charge is 0.393 e. The molecular formula is C20H33NO2. The van der Waals surface area contributed by atoms with Crippen molar-refractivity contribution in [3.05, 3.63) is 35.9 Å². The average Bonchev–Trinajstić information content (AvgIpc) is 2.57. The molecule has 4 unspecified atom stereocenters. The molecule has 0 bridgehead atoms. The second-order valence-electron chi connectivity index (χ2n) is 7.48. The van der Waals surface area contributed by atoms with Crippen LogP contribution in [0.15, 0.2) is 30.3 Å². The number of hydrogen-bond acceptors (Lipinski definition) is 3. The molecule has 1 saturated heterocycles.